The minimum Gasteiger partial charge on any atom is -0.352 e. The molecule has 3 rings (SSSR count). The fourth-order valence-corrected chi connectivity index (χ4v) is 4.54. The van der Waals surface area contributed by atoms with Crippen molar-refractivity contribution in [2.45, 2.75) is 44.7 Å². The van der Waals surface area contributed by atoms with E-state index in [1.54, 1.807) is 11.8 Å². The van der Waals surface area contributed by atoms with E-state index in [4.69, 9.17) is 0 Å². The largest absolute Gasteiger partial charge is 0.352 e. The Morgan fingerprint density at radius 1 is 1.00 bits per heavy atom. The molecule has 2 amide bonds. The first-order valence-corrected chi connectivity index (χ1v) is 11.7. The molecule has 30 heavy (non-hydrogen) atoms. The molecule has 6 heteroatoms. The third-order valence-corrected chi connectivity index (χ3v) is 6.45. The standard InChI is InChI=1S/C24H31N3O2S/c1-3-26(4-2)18-20-11-9-19(10-12-20)17-25-23(28)13-14-24(29)27-15-16-30-22-8-6-5-7-21(22)27/h5-12H,3-4,13-18H2,1-2H3,(H,25,28). The van der Waals surface area contributed by atoms with Crippen LogP contribution in [-0.4, -0.2) is 42.1 Å². The number of anilines is 1. The quantitative estimate of drug-likeness (QED) is 0.658. The highest BCUT2D eigenvalue weighted by Gasteiger charge is 2.22. The van der Waals surface area contributed by atoms with Crippen molar-refractivity contribution in [2.75, 3.05) is 30.3 Å². The minimum absolute atomic E-state index is 0.0126. The van der Waals surface area contributed by atoms with Gasteiger partial charge in [-0.3, -0.25) is 14.5 Å². The summed E-state index contributed by atoms with van der Waals surface area (Å²) >= 11 is 1.77. The third kappa shape index (κ3) is 6.09. The Morgan fingerprint density at radius 3 is 2.43 bits per heavy atom. The monoisotopic (exact) mass is 425 g/mol. The van der Waals surface area contributed by atoms with Gasteiger partial charge in [0.1, 0.15) is 0 Å². The Kier molecular flexibility index (Phi) is 8.34. The van der Waals surface area contributed by atoms with E-state index >= 15 is 0 Å². The van der Waals surface area contributed by atoms with Crippen molar-refractivity contribution >= 4 is 29.3 Å². The van der Waals surface area contributed by atoms with Gasteiger partial charge >= 0.3 is 0 Å². The number of rotatable bonds is 9. The van der Waals surface area contributed by atoms with Gasteiger partial charge in [-0.1, -0.05) is 50.2 Å². The Balaban J connectivity index is 1.44. The van der Waals surface area contributed by atoms with E-state index in [0.717, 1.165) is 41.5 Å². The van der Waals surface area contributed by atoms with Crippen LogP contribution in [0.5, 0.6) is 0 Å². The number of carbonyl (C=O) groups excluding carboxylic acids is 2. The maximum atomic E-state index is 12.6. The summed E-state index contributed by atoms with van der Waals surface area (Å²) in [6.07, 6.45) is 0.443. The Bertz CT molecular complexity index is 850. The van der Waals surface area contributed by atoms with Crippen molar-refractivity contribution in [1.82, 2.24) is 10.2 Å². The van der Waals surface area contributed by atoms with Crippen LogP contribution in [0, 0.1) is 0 Å². The van der Waals surface area contributed by atoms with Gasteiger partial charge in [0.15, 0.2) is 0 Å². The number of fused-ring (bicyclic) bond motifs is 1. The topological polar surface area (TPSA) is 52.7 Å². The molecule has 0 spiro atoms. The van der Waals surface area contributed by atoms with Crippen molar-refractivity contribution in [2.24, 2.45) is 0 Å². The highest BCUT2D eigenvalue weighted by atomic mass is 32.2. The van der Waals surface area contributed by atoms with E-state index in [1.165, 1.54) is 5.56 Å². The molecule has 0 saturated carbocycles. The summed E-state index contributed by atoms with van der Waals surface area (Å²) < 4.78 is 0. The van der Waals surface area contributed by atoms with Gasteiger partial charge in [-0.05, 0) is 36.3 Å². The maximum absolute atomic E-state index is 12.6. The second kappa shape index (κ2) is 11.2. The number of amides is 2. The highest BCUT2D eigenvalue weighted by Crippen LogP contribution is 2.34. The zero-order valence-corrected chi connectivity index (χ0v) is 18.7. The first-order chi connectivity index (χ1) is 14.6. The summed E-state index contributed by atoms with van der Waals surface area (Å²) in [4.78, 5) is 30.2. The average molecular weight is 426 g/mol. The highest BCUT2D eigenvalue weighted by molar-refractivity contribution is 7.99. The van der Waals surface area contributed by atoms with Crippen molar-refractivity contribution in [3.63, 3.8) is 0 Å². The molecule has 0 unspecified atom stereocenters. The second-order valence-corrected chi connectivity index (χ2v) is 8.55. The predicted molar refractivity (Wildman–Crippen MR) is 124 cm³/mol. The Hall–Kier alpha value is -2.31. The summed E-state index contributed by atoms with van der Waals surface area (Å²) in [5.41, 5.74) is 3.31. The number of thioether (sulfide) groups is 1. The smallest absolute Gasteiger partial charge is 0.227 e. The molecule has 2 aromatic carbocycles. The van der Waals surface area contributed by atoms with Crippen LogP contribution in [0.25, 0.3) is 0 Å². The van der Waals surface area contributed by atoms with E-state index in [2.05, 4.69) is 48.3 Å². The molecule has 1 aliphatic rings. The fraction of sp³-hybridized carbons (Fsp3) is 0.417. The average Bonchev–Trinajstić information content (AvgIpc) is 2.80. The lowest BCUT2D eigenvalue weighted by molar-refractivity contribution is -0.125. The van der Waals surface area contributed by atoms with Crippen LogP contribution >= 0.6 is 11.8 Å². The lowest BCUT2D eigenvalue weighted by atomic mass is 10.1. The summed E-state index contributed by atoms with van der Waals surface area (Å²) in [7, 11) is 0. The summed E-state index contributed by atoms with van der Waals surface area (Å²) in [5, 5.41) is 2.93. The lowest BCUT2D eigenvalue weighted by Gasteiger charge is -2.29. The molecule has 2 aromatic rings. The van der Waals surface area contributed by atoms with Gasteiger partial charge in [0.25, 0.3) is 0 Å². The summed E-state index contributed by atoms with van der Waals surface area (Å²) in [6.45, 7) is 8.54. The Labute approximate surface area is 183 Å². The molecule has 0 aromatic heterocycles. The van der Waals surface area contributed by atoms with Crippen LogP contribution in [0.3, 0.4) is 0 Å². The zero-order valence-electron chi connectivity index (χ0n) is 17.9. The van der Waals surface area contributed by atoms with Gasteiger partial charge in [-0.2, -0.15) is 0 Å². The zero-order chi connectivity index (χ0) is 21.3. The summed E-state index contributed by atoms with van der Waals surface area (Å²) in [6, 6.07) is 16.3. The van der Waals surface area contributed by atoms with E-state index in [0.29, 0.717) is 13.1 Å². The van der Waals surface area contributed by atoms with Gasteiger partial charge in [-0.15, -0.1) is 11.8 Å². The number of hydrogen-bond acceptors (Lipinski definition) is 4. The molecule has 0 aliphatic carbocycles. The maximum Gasteiger partial charge on any atom is 0.227 e. The van der Waals surface area contributed by atoms with Crippen LogP contribution in [0.4, 0.5) is 5.69 Å². The fourth-order valence-electron chi connectivity index (χ4n) is 3.54. The van der Waals surface area contributed by atoms with Gasteiger partial charge in [0.2, 0.25) is 11.8 Å². The van der Waals surface area contributed by atoms with Crippen LogP contribution in [-0.2, 0) is 22.7 Å². The van der Waals surface area contributed by atoms with E-state index < -0.39 is 0 Å². The SMILES string of the molecule is CCN(CC)Cc1ccc(CNC(=O)CCC(=O)N2CCSc3ccccc32)cc1. The molecular formula is C24H31N3O2S. The first kappa shape index (κ1) is 22.4. The number of hydrogen-bond donors (Lipinski definition) is 1. The lowest BCUT2D eigenvalue weighted by Crippen LogP contribution is -2.36. The van der Waals surface area contributed by atoms with E-state index in [-0.39, 0.29) is 24.7 Å². The Morgan fingerprint density at radius 2 is 1.70 bits per heavy atom. The second-order valence-electron chi connectivity index (χ2n) is 7.42. The van der Waals surface area contributed by atoms with Gasteiger partial charge in [-0.25, -0.2) is 0 Å². The number of benzene rings is 2. The van der Waals surface area contributed by atoms with Gasteiger partial charge < -0.3 is 10.2 Å². The molecule has 1 aliphatic heterocycles. The van der Waals surface area contributed by atoms with Gasteiger partial charge in [0, 0.05) is 43.1 Å². The van der Waals surface area contributed by atoms with Crippen molar-refractivity contribution in [1.29, 1.82) is 0 Å². The van der Waals surface area contributed by atoms with E-state index in [9.17, 15) is 9.59 Å². The molecule has 0 atom stereocenters. The minimum atomic E-state index is -0.0877. The molecule has 0 bridgehead atoms. The molecule has 1 N–H and O–H groups in total. The number of para-hydroxylation sites is 1. The molecule has 0 fully saturated rings. The molecular weight excluding hydrogens is 394 g/mol. The van der Waals surface area contributed by atoms with Crippen LogP contribution in [0.2, 0.25) is 0 Å². The molecule has 0 saturated heterocycles. The predicted octanol–water partition coefficient (Wildman–Crippen LogP) is 4.06. The van der Waals surface area contributed by atoms with Crippen LogP contribution in [0.15, 0.2) is 53.4 Å². The van der Waals surface area contributed by atoms with E-state index in [1.807, 2.05) is 29.2 Å². The summed E-state index contributed by atoms with van der Waals surface area (Å²) in [5.74, 6) is 0.813. The molecule has 5 nitrogen and oxygen atoms in total. The van der Waals surface area contributed by atoms with Crippen molar-refractivity contribution in [3.05, 3.63) is 59.7 Å². The molecule has 160 valence electrons. The molecule has 0 radical (unpaired) electrons. The van der Waals surface area contributed by atoms with Crippen LogP contribution in [0.1, 0.15) is 37.8 Å². The van der Waals surface area contributed by atoms with Crippen LogP contribution < -0.4 is 10.2 Å². The van der Waals surface area contributed by atoms with Crippen molar-refractivity contribution < 1.29 is 9.59 Å². The number of carbonyl (C=O) groups is 2. The first-order valence-electron chi connectivity index (χ1n) is 10.7. The number of nitrogens with one attached hydrogen (secondary N) is 1. The molecule has 1 heterocycles. The van der Waals surface area contributed by atoms with Crippen molar-refractivity contribution in [3.8, 4) is 0 Å². The number of nitrogens with zero attached hydrogens (tertiary/aromatic N) is 2. The normalized spacial score (nSPS) is 13.2. The third-order valence-electron chi connectivity index (χ3n) is 5.41. The van der Waals surface area contributed by atoms with Gasteiger partial charge in [0.05, 0.1) is 5.69 Å².